The van der Waals surface area contributed by atoms with Gasteiger partial charge in [-0.05, 0) is 38.1 Å². The van der Waals surface area contributed by atoms with Crippen molar-refractivity contribution in [1.82, 2.24) is 9.97 Å². The van der Waals surface area contributed by atoms with Crippen LogP contribution in [0, 0.1) is 0 Å². The summed E-state index contributed by atoms with van der Waals surface area (Å²) in [6, 6.07) is 5.14. The van der Waals surface area contributed by atoms with E-state index < -0.39 is 29.8 Å². The Hall–Kier alpha value is -2.55. The summed E-state index contributed by atoms with van der Waals surface area (Å²) in [7, 11) is 0. The van der Waals surface area contributed by atoms with Gasteiger partial charge in [0.2, 0.25) is 0 Å². The molecule has 0 radical (unpaired) electrons. The maximum absolute atomic E-state index is 13.4. The number of hydrogen-bond acceptors (Lipinski definition) is 5. The second kappa shape index (κ2) is 8.43. The highest BCUT2D eigenvalue weighted by molar-refractivity contribution is 5.76. The van der Waals surface area contributed by atoms with Gasteiger partial charge in [0.15, 0.2) is 0 Å². The van der Waals surface area contributed by atoms with E-state index in [1.807, 2.05) is 0 Å². The van der Waals surface area contributed by atoms with Crippen LogP contribution in [0.2, 0.25) is 0 Å². The molecule has 0 aliphatic rings. The number of Topliss-reactive ketones (excluding diaryl/α,β-unsaturated/α-hetero) is 1. The number of nitrogens with zero attached hydrogens (tertiary/aromatic N) is 2. The molecule has 5 nitrogen and oxygen atoms in total. The van der Waals surface area contributed by atoms with Crippen LogP contribution in [-0.2, 0) is 4.79 Å². The van der Waals surface area contributed by atoms with Crippen molar-refractivity contribution in [3.8, 4) is 17.0 Å². The van der Waals surface area contributed by atoms with Crippen molar-refractivity contribution in [2.24, 2.45) is 5.73 Å². The van der Waals surface area contributed by atoms with Crippen LogP contribution in [0.25, 0.3) is 11.3 Å². The molecule has 0 amide bonds. The fourth-order valence-electron chi connectivity index (χ4n) is 2.49. The second-order valence-corrected chi connectivity index (χ2v) is 6.47. The Morgan fingerprint density at radius 2 is 1.93 bits per heavy atom. The van der Waals surface area contributed by atoms with E-state index in [0.29, 0.717) is 0 Å². The van der Waals surface area contributed by atoms with E-state index in [1.54, 1.807) is 6.92 Å². The molecule has 0 saturated heterocycles. The molecule has 2 rings (SSSR count). The molecule has 0 bridgehead atoms. The summed E-state index contributed by atoms with van der Waals surface area (Å²) in [6.07, 6.45) is -4.55. The molecule has 0 fully saturated rings. The van der Waals surface area contributed by atoms with Crippen molar-refractivity contribution in [1.29, 1.82) is 0 Å². The van der Waals surface area contributed by atoms with Crippen molar-refractivity contribution < 1.29 is 27.1 Å². The lowest BCUT2D eigenvalue weighted by atomic mass is 9.98. The number of alkyl halides is 4. The van der Waals surface area contributed by atoms with E-state index >= 15 is 0 Å². The highest BCUT2D eigenvalue weighted by Crippen LogP contribution is 2.31. The lowest BCUT2D eigenvalue weighted by Gasteiger charge is -2.24. The first kappa shape index (κ1) is 20.8. The number of halogens is 4. The van der Waals surface area contributed by atoms with Crippen LogP contribution in [-0.4, -0.2) is 27.9 Å². The van der Waals surface area contributed by atoms with Crippen molar-refractivity contribution >= 4 is 5.78 Å². The predicted molar refractivity (Wildman–Crippen MR) is 90.8 cm³/mol. The molecule has 0 aliphatic carbocycles. The standard InChI is InChI=1S/C18H19F4N3O2/c1-10(26)8-18(2,23)9-27-14-4-3-12(25-15(14)17(21)22)11-5-6-24-13(7-11)16(19)20/h3-7,16-17H,8-9,23H2,1-2H3/t18-/m0/s1. The number of rotatable bonds is 8. The number of nitrogens with two attached hydrogens (primary N) is 1. The first-order valence-corrected chi connectivity index (χ1v) is 8.04. The minimum Gasteiger partial charge on any atom is -0.490 e. The molecule has 146 valence electrons. The van der Waals surface area contributed by atoms with Crippen LogP contribution in [0.15, 0.2) is 30.5 Å². The molecule has 0 aromatic carbocycles. The number of hydrogen-bond donors (Lipinski definition) is 1. The Kier molecular flexibility index (Phi) is 6.48. The summed E-state index contributed by atoms with van der Waals surface area (Å²) in [4.78, 5) is 18.6. The highest BCUT2D eigenvalue weighted by Gasteiger charge is 2.24. The molecule has 0 aliphatic heterocycles. The Morgan fingerprint density at radius 3 is 2.52 bits per heavy atom. The van der Waals surface area contributed by atoms with Gasteiger partial charge in [0.05, 0.1) is 11.2 Å². The quantitative estimate of drug-likeness (QED) is 0.693. The van der Waals surface area contributed by atoms with Crippen molar-refractivity contribution in [2.75, 3.05) is 6.61 Å². The molecule has 2 heterocycles. The smallest absolute Gasteiger partial charge is 0.284 e. The summed E-state index contributed by atoms with van der Waals surface area (Å²) in [5.74, 6) is -0.337. The third kappa shape index (κ3) is 5.72. The summed E-state index contributed by atoms with van der Waals surface area (Å²) in [5.41, 5.74) is 4.10. The average molecular weight is 385 g/mol. The van der Waals surface area contributed by atoms with Gasteiger partial charge < -0.3 is 10.5 Å². The molecule has 1 atom stereocenters. The van der Waals surface area contributed by atoms with E-state index in [1.165, 1.54) is 25.1 Å². The minimum atomic E-state index is -2.95. The van der Waals surface area contributed by atoms with Crippen LogP contribution in [0.3, 0.4) is 0 Å². The molecular weight excluding hydrogens is 366 g/mol. The fraction of sp³-hybridized carbons (Fsp3) is 0.389. The van der Waals surface area contributed by atoms with Gasteiger partial charge in [0.1, 0.15) is 29.5 Å². The van der Waals surface area contributed by atoms with E-state index in [9.17, 15) is 22.4 Å². The molecule has 0 spiro atoms. The average Bonchev–Trinajstić information content (AvgIpc) is 2.58. The molecule has 2 N–H and O–H groups in total. The summed E-state index contributed by atoms with van der Waals surface area (Å²) < 4.78 is 57.7. The maximum atomic E-state index is 13.4. The molecule has 9 heteroatoms. The van der Waals surface area contributed by atoms with Crippen molar-refractivity contribution in [3.05, 3.63) is 41.9 Å². The van der Waals surface area contributed by atoms with Crippen LogP contribution in [0.1, 0.15) is 44.5 Å². The summed E-state index contributed by atoms with van der Waals surface area (Å²) in [6.45, 7) is 2.77. The van der Waals surface area contributed by atoms with Crippen LogP contribution in [0.5, 0.6) is 5.75 Å². The lowest BCUT2D eigenvalue weighted by Crippen LogP contribution is -2.44. The largest absolute Gasteiger partial charge is 0.490 e. The molecule has 0 unspecified atom stereocenters. The van der Waals surface area contributed by atoms with Gasteiger partial charge in [-0.3, -0.25) is 9.78 Å². The van der Waals surface area contributed by atoms with Crippen molar-refractivity contribution in [2.45, 2.75) is 38.7 Å². The zero-order valence-corrected chi connectivity index (χ0v) is 14.8. The van der Waals surface area contributed by atoms with Gasteiger partial charge in [0.25, 0.3) is 12.9 Å². The zero-order chi connectivity index (χ0) is 20.2. The normalized spacial score (nSPS) is 13.7. The Morgan fingerprint density at radius 1 is 1.22 bits per heavy atom. The van der Waals surface area contributed by atoms with Crippen LogP contribution in [0.4, 0.5) is 17.6 Å². The summed E-state index contributed by atoms with van der Waals surface area (Å²) >= 11 is 0. The van der Waals surface area contributed by atoms with E-state index in [4.69, 9.17) is 10.5 Å². The van der Waals surface area contributed by atoms with Gasteiger partial charge in [0, 0.05) is 18.2 Å². The van der Waals surface area contributed by atoms with E-state index in [0.717, 1.165) is 12.3 Å². The van der Waals surface area contributed by atoms with Gasteiger partial charge in [-0.25, -0.2) is 22.5 Å². The third-order valence-electron chi connectivity index (χ3n) is 3.60. The topological polar surface area (TPSA) is 78.1 Å². The number of aromatic nitrogens is 2. The molecular formula is C18H19F4N3O2. The predicted octanol–water partition coefficient (Wildman–Crippen LogP) is 4.09. The first-order valence-electron chi connectivity index (χ1n) is 8.04. The second-order valence-electron chi connectivity index (χ2n) is 6.47. The number of carbonyl (C=O) groups is 1. The first-order chi connectivity index (χ1) is 12.6. The molecule has 2 aromatic rings. The summed E-state index contributed by atoms with van der Waals surface area (Å²) in [5, 5.41) is 0. The van der Waals surface area contributed by atoms with E-state index in [-0.39, 0.29) is 35.8 Å². The number of pyridine rings is 2. The minimum absolute atomic E-state index is 0.0238. The molecule has 0 saturated carbocycles. The third-order valence-corrected chi connectivity index (χ3v) is 3.60. The fourth-order valence-corrected chi connectivity index (χ4v) is 2.49. The van der Waals surface area contributed by atoms with E-state index in [2.05, 4.69) is 9.97 Å². The van der Waals surface area contributed by atoms with Gasteiger partial charge in [-0.2, -0.15) is 0 Å². The van der Waals surface area contributed by atoms with Gasteiger partial charge in [-0.1, -0.05) is 0 Å². The molecule has 2 aromatic heterocycles. The lowest BCUT2D eigenvalue weighted by molar-refractivity contribution is -0.118. The number of ether oxygens (including phenoxy) is 1. The number of carbonyl (C=O) groups excluding carboxylic acids is 1. The monoisotopic (exact) mass is 385 g/mol. The van der Waals surface area contributed by atoms with Gasteiger partial charge >= 0.3 is 0 Å². The zero-order valence-electron chi connectivity index (χ0n) is 14.8. The highest BCUT2D eigenvalue weighted by atomic mass is 19.3. The van der Waals surface area contributed by atoms with Crippen LogP contribution >= 0.6 is 0 Å². The maximum Gasteiger partial charge on any atom is 0.284 e. The Balaban J connectivity index is 2.29. The van der Waals surface area contributed by atoms with Crippen LogP contribution < -0.4 is 10.5 Å². The molecule has 27 heavy (non-hydrogen) atoms. The van der Waals surface area contributed by atoms with Crippen molar-refractivity contribution in [3.63, 3.8) is 0 Å². The SMILES string of the molecule is CC(=O)C[C@](C)(N)COc1ccc(-c2ccnc(C(F)F)c2)nc1C(F)F. The van der Waals surface area contributed by atoms with Gasteiger partial charge in [-0.15, -0.1) is 0 Å². The number of ketones is 1. The Bertz CT molecular complexity index is 813. The Labute approximate surface area is 153 Å².